The number of carbonyl (C=O) groups excluding carboxylic acids is 3. The number of fused-ring (bicyclic) bond motifs is 1. The van der Waals surface area contributed by atoms with Crippen LogP contribution in [0.3, 0.4) is 0 Å². The Morgan fingerprint density at radius 3 is 2.23 bits per heavy atom. The number of nitrogens with one attached hydrogen (secondary N) is 1. The maximum atomic E-state index is 13.8. The van der Waals surface area contributed by atoms with Gasteiger partial charge in [-0.25, -0.2) is 9.59 Å². The van der Waals surface area contributed by atoms with Gasteiger partial charge in [-0.2, -0.15) is 0 Å². The quantitative estimate of drug-likeness (QED) is 0.258. The highest BCUT2D eigenvalue weighted by molar-refractivity contribution is 6.20. The third-order valence-corrected chi connectivity index (χ3v) is 6.94. The van der Waals surface area contributed by atoms with Gasteiger partial charge in [0.05, 0.1) is 40.6 Å². The van der Waals surface area contributed by atoms with Gasteiger partial charge in [-0.05, 0) is 59.7 Å². The monoisotopic (exact) mass is 591 g/mol. The highest BCUT2D eigenvalue weighted by Crippen LogP contribution is 2.50. The molecule has 0 spiro atoms. The van der Waals surface area contributed by atoms with Crippen molar-refractivity contribution in [3.8, 4) is 34.5 Å². The molecule has 5 rings (SSSR count). The van der Waals surface area contributed by atoms with Crippen LogP contribution in [0.2, 0.25) is 0 Å². The lowest BCUT2D eigenvalue weighted by Gasteiger charge is -2.31. The third kappa shape index (κ3) is 5.46. The van der Waals surface area contributed by atoms with E-state index in [-0.39, 0.29) is 30.9 Å². The lowest BCUT2D eigenvalue weighted by Crippen LogP contribution is -2.40. The Morgan fingerprint density at radius 2 is 1.60 bits per heavy atom. The van der Waals surface area contributed by atoms with Crippen molar-refractivity contribution >= 4 is 23.9 Å². The van der Waals surface area contributed by atoms with E-state index < -0.39 is 17.8 Å². The van der Waals surface area contributed by atoms with Crippen LogP contribution >= 0.6 is 0 Å². The van der Waals surface area contributed by atoms with Gasteiger partial charge in [-0.1, -0.05) is 6.07 Å². The van der Waals surface area contributed by atoms with Gasteiger partial charge >= 0.3 is 17.8 Å². The van der Waals surface area contributed by atoms with Gasteiger partial charge in [-0.3, -0.25) is 0 Å². The molecule has 1 unspecified atom stereocenters. The second kappa shape index (κ2) is 12.2. The second-order valence-electron chi connectivity index (χ2n) is 9.30. The largest absolute Gasteiger partial charge is 0.497 e. The molecule has 2 aliphatic heterocycles. The van der Waals surface area contributed by atoms with Gasteiger partial charge in [0.2, 0.25) is 12.5 Å². The minimum atomic E-state index is -2.04. The number of amides is 1. The second-order valence-corrected chi connectivity index (χ2v) is 9.30. The summed E-state index contributed by atoms with van der Waals surface area (Å²) in [6, 6.07) is 15.0. The van der Waals surface area contributed by atoms with Crippen molar-refractivity contribution in [1.82, 2.24) is 5.32 Å². The first kappa shape index (κ1) is 29.1. The van der Waals surface area contributed by atoms with Crippen molar-refractivity contribution in [3.63, 3.8) is 0 Å². The number of carbonyl (C=O) groups is 3. The first-order valence-electron chi connectivity index (χ1n) is 13.1. The van der Waals surface area contributed by atoms with Gasteiger partial charge < -0.3 is 48.0 Å². The fraction of sp³-hybridized carbons (Fsp3) is 0.258. The van der Waals surface area contributed by atoms with Crippen LogP contribution in [-0.4, -0.2) is 60.1 Å². The van der Waals surface area contributed by atoms with Crippen LogP contribution in [0.1, 0.15) is 16.7 Å². The molecule has 12 heteroatoms. The molecule has 0 saturated carbocycles. The summed E-state index contributed by atoms with van der Waals surface area (Å²) in [4.78, 5) is 37.8. The highest BCUT2D eigenvalue weighted by atomic mass is 16.7. The number of methoxy groups -OCH3 is 4. The predicted molar refractivity (Wildman–Crippen MR) is 151 cm³/mol. The van der Waals surface area contributed by atoms with Gasteiger partial charge in [0.1, 0.15) is 12.0 Å². The van der Waals surface area contributed by atoms with E-state index in [1.165, 1.54) is 28.4 Å². The van der Waals surface area contributed by atoms with Crippen LogP contribution in [0.15, 0.2) is 60.2 Å². The van der Waals surface area contributed by atoms with Crippen LogP contribution in [0.25, 0.3) is 5.57 Å². The van der Waals surface area contributed by atoms with E-state index in [1.54, 1.807) is 54.6 Å². The molecule has 1 atom stereocenters. The number of alkyl carbamates (subject to hydrolysis) is 1. The zero-order valence-corrected chi connectivity index (χ0v) is 23.9. The number of aldehydes is 1. The van der Waals surface area contributed by atoms with Crippen LogP contribution in [-0.2, 0) is 31.3 Å². The number of cyclic esters (lactones) is 1. The zero-order chi connectivity index (χ0) is 30.6. The molecule has 2 heterocycles. The number of benzene rings is 3. The van der Waals surface area contributed by atoms with E-state index in [9.17, 15) is 14.4 Å². The first-order valence-corrected chi connectivity index (χ1v) is 13.1. The summed E-state index contributed by atoms with van der Waals surface area (Å²) < 4.78 is 44.8. The summed E-state index contributed by atoms with van der Waals surface area (Å²) in [5.74, 6) is -0.158. The van der Waals surface area contributed by atoms with Crippen LogP contribution in [0.5, 0.6) is 34.5 Å². The average Bonchev–Trinajstić information content (AvgIpc) is 3.61. The molecule has 224 valence electrons. The molecule has 3 aromatic carbocycles. The van der Waals surface area contributed by atoms with E-state index in [1.807, 2.05) is 0 Å². The maximum Gasteiger partial charge on any atom is 0.411 e. The van der Waals surface area contributed by atoms with E-state index in [0.29, 0.717) is 57.5 Å². The molecule has 0 bridgehead atoms. The molecule has 0 aliphatic carbocycles. The fourth-order valence-electron chi connectivity index (χ4n) is 5.00. The molecule has 2 aliphatic rings. The van der Waals surface area contributed by atoms with Crippen molar-refractivity contribution in [2.75, 3.05) is 41.8 Å². The van der Waals surface area contributed by atoms with E-state index in [2.05, 4.69) is 5.32 Å². The average molecular weight is 592 g/mol. The Labute approximate surface area is 247 Å². The van der Waals surface area contributed by atoms with Crippen LogP contribution < -0.4 is 33.7 Å². The fourth-order valence-corrected chi connectivity index (χ4v) is 5.00. The standard InChI is InChI=1S/C31H29NO11/c1-36-21-8-6-20(7-9-21)31(43-30(35)32-11-12-33)22(13-18-14-25(37-2)28(39-4)26(15-18)38-3)27(29(34)42-31)19-5-10-23-24(16-19)41-17-40-23/h5-10,12,14-16H,11,13,17H2,1-4H3,(H,32,35). The van der Waals surface area contributed by atoms with Crippen molar-refractivity contribution in [1.29, 1.82) is 0 Å². The Bertz CT molecular complexity index is 1560. The maximum absolute atomic E-state index is 13.8. The van der Waals surface area contributed by atoms with E-state index in [4.69, 9.17) is 37.9 Å². The van der Waals surface area contributed by atoms with Crippen molar-refractivity contribution < 1.29 is 52.3 Å². The summed E-state index contributed by atoms with van der Waals surface area (Å²) in [5.41, 5.74) is 1.82. The molecule has 1 amide bonds. The summed E-state index contributed by atoms with van der Waals surface area (Å²) in [6.07, 6.45) is -0.448. The molecule has 12 nitrogen and oxygen atoms in total. The van der Waals surface area contributed by atoms with Crippen LogP contribution in [0, 0.1) is 0 Å². The normalized spacial score (nSPS) is 16.8. The molecular weight excluding hydrogens is 562 g/mol. The molecule has 3 aromatic rings. The molecule has 0 saturated heterocycles. The van der Waals surface area contributed by atoms with Gasteiger partial charge in [0.25, 0.3) is 0 Å². The van der Waals surface area contributed by atoms with E-state index >= 15 is 0 Å². The Morgan fingerprint density at radius 1 is 0.907 bits per heavy atom. The summed E-state index contributed by atoms with van der Waals surface area (Å²) in [7, 11) is 5.98. The minimum absolute atomic E-state index is 0.0270. The van der Waals surface area contributed by atoms with Gasteiger partial charge in [0, 0.05) is 17.6 Å². The molecule has 0 aromatic heterocycles. The van der Waals surface area contributed by atoms with Gasteiger partial charge in [-0.15, -0.1) is 0 Å². The predicted octanol–water partition coefficient (Wildman–Crippen LogP) is 3.78. The van der Waals surface area contributed by atoms with Crippen LogP contribution in [0.4, 0.5) is 4.79 Å². The van der Waals surface area contributed by atoms with Crippen molar-refractivity contribution in [3.05, 3.63) is 76.9 Å². The Kier molecular flexibility index (Phi) is 8.28. The smallest absolute Gasteiger partial charge is 0.411 e. The number of hydrogen-bond acceptors (Lipinski definition) is 11. The Hall–Kier alpha value is -5.39. The molecule has 1 N–H and O–H groups in total. The highest BCUT2D eigenvalue weighted by Gasteiger charge is 2.53. The zero-order valence-electron chi connectivity index (χ0n) is 23.9. The molecule has 0 fully saturated rings. The lowest BCUT2D eigenvalue weighted by molar-refractivity contribution is -0.185. The van der Waals surface area contributed by atoms with Crippen molar-refractivity contribution in [2.24, 2.45) is 0 Å². The topological polar surface area (TPSA) is 137 Å². The molecular formula is C31H29NO11. The Balaban J connectivity index is 1.75. The number of hydrogen-bond donors (Lipinski definition) is 1. The van der Waals surface area contributed by atoms with Crippen molar-refractivity contribution in [2.45, 2.75) is 12.2 Å². The number of esters is 1. The summed E-state index contributed by atoms with van der Waals surface area (Å²) in [5, 5.41) is 2.35. The summed E-state index contributed by atoms with van der Waals surface area (Å²) >= 11 is 0. The first-order chi connectivity index (χ1) is 20.9. The van der Waals surface area contributed by atoms with E-state index in [0.717, 1.165) is 0 Å². The number of ether oxygens (including phenoxy) is 8. The lowest BCUT2D eigenvalue weighted by atomic mass is 9.87. The van der Waals surface area contributed by atoms with Gasteiger partial charge in [0.15, 0.2) is 23.0 Å². The minimum Gasteiger partial charge on any atom is -0.497 e. The molecule has 0 radical (unpaired) electrons. The SMILES string of the molecule is COc1ccc(C2(OC(=O)NCC=O)OC(=O)C(c3ccc4c(c3)OCO4)=C2Cc2cc(OC)c(OC)c(OC)c2)cc1. The summed E-state index contributed by atoms with van der Waals surface area (Å²) in [6.45, 7) is -0.275. The number of rotatable bonds is 11. The third-order valence-electron chi connectivity index (χ3n) is 6.94. The molecule has 43 heavy (non-hydrogen) atoms.